The van der Waals surface area contributed by atoms with E-state index in [1.807, 2.05) is 12.1 Å². The summed E-state index contributed by atoms with van der Waals surface area (Å²) in [7, 11) is 1.68. The fraction of sp³-hybridized carbons (Fsp3) is 0.250. The molecular weight excluding hydrogens is 424 g/mol. The number of aromatic nitrogens is 1. The van der Waals surface area contributed by atoms with Gasteiger partial charge in [0.1, 0.15) is 0 Å². The van der Waals surface area contributed by atoms with Crippen LogP contribution < -0.4 is 5.32 Å². The molecule has 0 aliphatic heterocycles. The van der Waals surface area contributed by atoms with Crippen molar-refractivity contribution in [2.45, 2.75) is 12.2 Å². The van der Waals surface area contributed by atoms with Gasteiger partial charge in [-0.3, -0.25) is 0 Å². The van der Waals surface area contributed by atoms with Crippen LogP contribution in [0, 0.1) is 3.57 Å². The second-order valence-corrected chi connectivity index (χ2v) is 6.59. The van der Waals surface area contributed by atoms with Gasteiger partial charge in [-0.25, -0.2) is 4.98 Å². The molecule has 0 saturated heterocycles. The van der Waals surface area contributed by atoms with E-state index in [0.29, 0.717) is 21.2 Å². The van der Waals surface area contributed by atoms with Crippen LogP contribution in [0.5, 0.6) is 0 Å². The molecule has 2 nitrogen and oxygen atoms in total. The number of hydrogen-bond donors (Lipinski definition) is 1. The molecule has 1 aromatic carbocycles. The molecule has 20 heavy (non-hydrogen) atoms. The van der Waals surface area contributed by atoms with Gasteiger partial charge in [0.2, 0.25) is 0 Å². The van der Waals surface area contributed by atoms with Gasteiger partial charge < -0.3 is 5.32 Å². The number of benzene rings is 1. The van der Waals surface area contributed by atoms with E-state index in [2.05, 4.69) is 32.9 Å². The van der Waals surface area contributed by atoms with E-state index in [9.17, 15) is 13.2 Å². The zero-order chi connectivity index (χ0) is 14.9. The summed E-state index contributed by atoms with van der Waals surface area (Å²) in [5.41, 5.74) is 0.801. The van der Waals surface area contributed by atoms with Crippen LogP contribution in [0.3, 0.4) is 0 Å². The van der Waals surface area contributed by atoms with Crippen LogP contribution >= 0.6 is 45.5 Å². The molecule has 0 amide bonds. The first-order chi connectivity index (χ1) is 9.32. The van der Waals surface area contributed by atoms with E-state index in [1.165, 1.54) is 6.20 Å². The normalized spacial score (nSPS) is 13.5. The lowest BCUT2D eigenvalue weighted by Crippen LogP contribution is -2.16. The van der Waals surface area contributed by atoms with Gasteiger partial charge in [-0.2, -0.15) is 13.2 Å². The highest BCUT2D eigenvalue weighted by atomic mass is 127. The summed E-state index contributed by atoms with van der Waals surface area (Å²) in [6.45, 7) is 0. The second-order valence-electron chi connectivity index (χ2n) is 3.96. The SMILES string of the molecule is CNC(c1ccc(I)c(Cl)c1)c1cnc(C(F)(F)F)s1. The Morgan fingerprint density at radius 2 is 2.10 bits per heavy atom. The Morgan fingerprint density at radius 1 is 1.40 bits per heavy atom. The van der Waals surface area contributed by atoms with Crippen molar-refractivity contribution in [3.8, 4) is 0 Å². The molecule has 2 rings (SSSR count). The van der Waals surface area contributed by atoms with Crippen molar-refractivity contribution in [1.82, 2.24) is 10.3 Å². The van der Waals surface area contributed by atoms with Gasteiger partial charge in [0.05, 0.1) is 11.1 Å². The van der Waals surface area contributed by atoms with Crippen LogP contribution in [0.1, 0.15) is 21.5 Å². The lowest BCUT2D eigenvalue weighted by Gasteiger charge is -2.15. The highest BCUT2D eigenvalue weighted by Crippen LogP contribution is 2.36. The second kappa shape index (κ2) is 6.17. The van der Waals surface area contributed by atoms with Crippen LogP contribution in [0.2, 0.25) is 5.02 Å². The third-order valence-corrected chi connectivity index (χ3v) is 5.30. The average Bonchev–Trinajstić information content (AvgIpc) is 2.84. The highest BCUT2D eigenvalue weighted by molar-refractivity contribution is 14.1. The minimum absolute atomic E-state index is 0.363. The van der Waals surface area contributed by atoms with Crippen LogP contribution in [-0.4, -0.2) is 12.0 Å². The number of rotatable bonds is 3. The molecule has 1 N–H and O–H groups in total. The first kappa shape index (κ1) is 16.0. The summed E-state index contributed by atoms with van der Waals surface area (Å²) < 4.78 is 38.7. The molecule has 1 atom stereocenters. The standard InChI is InChI=1S/C12H9ClF3IN2S/c1-18-10(6-2-3-8(17)7(13)4-6)9-5-19-11(20-9)12(14,15)16/h2-5,10,18H,1H3. The van der Waals surface area contributed by atoms with E-state index in [4.69, 9.17) is 11.6 Å². The van der Waals surface area contributed by atoms with E-state index in [1.54, 1.807) is 13.1 Å². The molecule has 8 heteroatoms. The molecule has 108 valence electrons. The lowest BCUT2D eigenvalue weighted by molar-refractivity contribution is -0.137. The summed E-state index contributed by atoms with van der Waals surface area (Å²) in [6.07, 6.45) is -3.16. The zero-order valence-corrected chi connectivity index (χ0v) is 13.9. The van der Waals surface area contributed by atoms with E-state index >= 15 is 0 Å². The molecule has 0 aliphatic carbocycles. The van der Waals surface area contributed by atoms with Crippen molar-refractivity contribution in [1.29, 1.82) is 0 Å². The third-order valence-electron chi connectivity index (χ3n) is 2.62. The third kappa shape index (κ3) is 3.44. The van der Waals surface area contributed by atoms with Gasteiger partial charge in [0, 0.05) is 14.6 Å². The van der Waals surface area contributed by atoms with E-state index in [0.717, 1.165) is 9.13 Å². The van der Waals surface area contributed by atoms with Gasteiger partial charge in [0.15, 0.2) is 5.01 Å². The number of thiazole rings is 1. The van der Waals surface area contributed by atoms with E-state index < -0.39 is 11.2 Å². The highest BCUT2D eigenvalue weighted by Gasteiger charge is 2.35. The Hall–Kier alpha value is -0.380. The predicted octanol–water partition coefficient (Wildman–Crippen LogP) is 4.73. The fourth-order valence-corrected chi connectivity index (χ4v) is 3.16. The van der Waals surface area contributed by atoms with Crippen LogP contribution in [-0.2, 0) is 6.18 Å². The molecule has 0 radical (unpaired) electrons. The molecule has 0 fully saturated rings. The summed E-state index contributed by atoms with van der Waals surface area (Å²) in [5.74, 6) is 0. The quantitative estimate of drug-likeness (QED) is 0.710. The van der Waals surface area contributed by atoms with Gasteiger partial charge in [-0.15, -0.1) is 11.3 Å². The van der Waals surface area contributed by atoms with Crippen molar-refractivity contribution < 1.29 is 13.2 Å². The van der Waals surface area contributed by atoms with Crippen molar-refractivity contribution in [2.24, 2.45) is 0 Å². The maximum absolute atomic E-state index is 12.6. The summed E-state index contributed by atoms with van der Waals surface area (Å²) >= 11 is 8.78. The van der Waals surface area contributed by atoms with Crippen molar-refractivity contribution in [3.63, 3.8) is 0 Å². The average molecular weight is 433 g/mol. The number of nitrogens with zero attached hydrogens (tertiary/aromatic N) is 1. The maximum atomic E-state index is 12.6. The first-order valence-corrected chi connectivity index (χ1v) is 7.75. The number of hydrogen-bond acceptors (Lipinski definition) is 3. The zero-order valence-electron chi connectivity index (χ0n) is 10.1. The lowest BCUT2D eigenvalue weighted by atomic mass is 10.1. The van der Waals surface area contributed by atoms with Crippen LogP contribution in [0.4, 0.5) is 13.2 Å². The van der Waals surface area contributed by atoms with Gasteiger partial charge >= 0.3 is 6.18 Å². The van der Waals surface area contributed by atoms with Crippen LogP contribution in [0.25, 0.3) is 0 Å². The molecule has 1 aromatic heterocycles. The summed E-state index contributed by atoms with van der Waals surface area (Å²) in [4.78, 5) is 3.94. The largest absolute Gasteiger partial charge is 0.443 e. The Balaban J connectivity index is 2.37. The van der Waals surface area contributed by atoms with Crippen molar-refractivity contribution in [2.75, 3.05) is 7.05 Å². The first-order valence-electron chi connectivity index (χ1n) is 5.48. The Morgan fingerprint density at radius 3 is 2.60 bits per heavy atom. The van der Waals surface area contributed by atoms with Crippen molar-refractivity contribution >= 4 is 45.5 Å². The predicted molar refractivity (Wildman–Crippen MR) is 82.2 cm³/mol. The fourth-order valence-electron chi connectivity index (χ4n) is 1.72. The molecule has 0 aliphatic rings. The number of alkyl halides is 3. The summed E-state index contributed by atoms with van der Waals surface area (Å²) in [5, 5.41) is 2.72. The molecule has 1 heterocycles. The Labute approximate surface area is 136 Å². The Kier molecular flexibility index (Phi) is 4.93. The maximum Gasteiger partial charge on any atom is 0.443 e. The molecule has 0 spiro atoms. The van der Waals surface area contributed by atoms with Crippen molar-refractivity contribution in [3.05, 3.63) is 48.4 Å². The molecule has 1 unspecified atom stereocenters. The number of halogens is 5. The molecular formula is C12H9ClF3IN2S. The molecule has 2 aromatic rings. The van der Waals surface area contributed by atoms with E-state index in [-0.39, 0.29) is 6.04 Å². The Bertz CT molecular complexity index is 615. The summed E-state index contributed by atoms with van der Waals surface area (Å²) in [6, 6.07) is 5.05. The smallest absolute Gasteiger partial charge is 0.309 e. The monoisotopic (exact) mass is 432 g/mol. The minimum atomic E-state index is -4.41. The molecule has 0 saturated carbocycles. The minimum Gasteiger partial charge on any atom is -0.309 e. The van der Waals surface area contributed by atoms with Gasteiger partial charge in [-0.1, -0.05) is 17.7 Å². The molecule has 0 bridgehead atoms. The topological polar surface area (TPSA) is 24.9 Å². The number of nitrogens with one attached hydrogen (secondary N) is 1. The van der Waals surface area contributed by atoms with Gasteiger partial charge in [-0.05, 0) is 47.3 Å². The van der Waals surface area contributed by atoms with Crippen LogP contribution in [0.15, 0.2) is 24.4 Å². The van der Waals surface area contributed by atoms with Gasteiger partial charge in [0.25, 0.3) is 0 Å².